The molecule has 7 nitrogen and oxygen atoms in total. The second-order valence-corrected chi connectivity index (χ2v) is 4.88. The number of rotatable bonds is 4. The number of carbonyl (C=O) groups excluding carboxylic acids is 1. The molecule has 8 heteroatoms. The molecule has 0 aromatic carbocycles. The molecule has 21 heavy (non-hydrogen) atoms. The maximum absolute atomic E-state index is 11.8. The Balaban J connectivity index is 1.64. The molecular formula is C13H8BrN3O4. The predicted octanol–water partition coefficient (Wildman–Crippen LogP) is 2.84. The first kappa shape index (κ1) is 13.5. The van der Waals surface area contributed by atoms with E-state index in [4.69, 9.17) is 13.7 Å². The monoisotopic (exact) mass is 349 g/mol. The van der Waals surface area contributed by atoms with Crippen molar-refractivity contribution >= 4 is 21.9 Å². The molecule has 106 valence electrons. The summed E-state index contributed by atoms with van der Waals surface area (Å²) in [6.07, 6.45) is 4.49. The Kier molecular flexibility index (Phi) is 3.78. The van der Waals surface area contributed by atoms with E-state index in [-0.39, 0.29) is 18.3 Å². The molecule has 0 N–H and O–H groups in total. The molecule has 0 fully saturated rings. The molecule has 0 saturated heterocycles. The molecule has 0 unspecified atom stereocenters. The average molecular weight is 350 g/mol. The lowest BCUT2D eigenvalue weighted by molar-refractivity contribution is 0.0459. The Morgan fingerprint density at radius 1 is 1.38 bits per heavy atom. The third kappa shape index (κ3) is 3.16. The molecule has 3 aromatic rings. The van der Waals surface area contributed by atoms with Gasteiger partial charge in [0.1, 0.15) is 0 Å². The van der Waals surface area contributed by atoms with Crippen LogP contribution in [0.5, 0.6) is 0 Å². The minimum atomic E-state index is -0.520. The van der Waals surface area contributed by atoms with Gasteiger partial charge in [0.05, 0.1) is 11.8 Å². The van der Waals surface area contributed by atoms with Crippen LogP contribution in [0.3, 0.4) is 0 Å². The maximum Gasteiger partial charge on any atom is 0.340 e. The Morgan fingerprint density at radius 2 is 2.29 bits per heavy atom. The minimum absolute atomic E-state index is 0.102. The third-order valence-corrected chi connectivity index (χ3v) is 2.91. The zero-order valence-corrected chi connectivity index (χ0v) is 12.1. The Bertz CT molecular complexity index is 754. The van der Waals surface area contributed by atoms with E-state index in [9.17, 15) is 4.79 Å². The Morgan fingerprint density at radius 3 is 3.05 bits per heavy atom. The van der Waals surface area contributed by atoms with E-state index in [1.807, 2.05) is 0 Å². The van der Waals surface area contributed by atoms with Gasteiger partial charge in [0.2, 0.25) is 5.82 Å². The number of halogens is 1. The van der Waals surface area contributed by atoms with Crippen molar-refractivity contribution in [1.82, 2.24) is 15.1 Å². The number of ether oxygens (including phenoxy) is 1. The van der Waals surface area contributed by atoms with Gasteiger partial charge in [-0.25, -0.2) is 4.79 Å². The van der Waals surface area contributed by atoms with Gasteiger partial charge in [0.15, 0.2) is 12.4 Å². The summed E-state index contributed by atoms with van der Waals surface area (Å²) in [5.74, 6) is 0.414. The summed E-state index contributed by atoms with van der Waals surface area (Å²) in [6.45, 7) is -0.102. The molecule has 0 aliphatic carbocycles. The Labute approximate surface area is 127 Å². The van der Waals surface area contributed by atoms with E-state index in [1.54, 1.807) is 24.4 Å². The van der Waals surface area contributed by atoms with Crippen LogP contribution in [0.2, 0.25) is 0 Å². The highest BCUT2D eigenvalue weighted by Crippen LogP contribution is 2.17. The maximum atomic E-state index is 11.8. The first-order chi connectivity index (χ1) is 10.2. The van der Waals surface area contributed by atoms with E-state index in [0.717, 1.165) is 0 Å². The summed E-state index contributed by atoms with van der Waals surface area (Å²) >= 11 is 3.23. The fourth-order valence-corrected chi connectivity index (χ4v) is 1.91. The number of aromatic nitrogens is 3. The Hall–Kier alpha value is -2.48. The first-order valence-corrected chi connectivity index (χ1v) is 6.66. The topological polar surface area (TPSA) is 91.2 Å². The normalized spacial score (nSPS) is 10.5. The molecule has 0 saturated carbocycles. The lowest BCUT2D eigenvalue weighted by atomic mass is 10.3. The van der Waals surface area contributed by atoms with E-state index in [0.29, 0.717) is 15.8 Å². The summed E-state index contributed by atoms with van der Waals surface area (Å²) < 4.78 is 15.9. The molecule has 0 amide bonds. The van der Waals surface area contributed by atoms with Crippen LogP contribution in [0.1, 0.15) is 16.2 Å². The van der Waals surface area contributed by atoms with Gasteiger partial charge in [-0.3, -0.25) is 4.98 Å². The number of esters is 1. The van der Waals surface area contributed by atoms with Crippen molar-refractivity contribution < 1.29 is 18.5 Å². The summed E-state index contributed by atoms with van der Waals surface area (Å²) in [5.41, 5.74) is 0.333. The molecule has 0 bridgehead atoms. The molecule has 3 rings (SSSR count). The summed E-state index contributed by atoms with van der Waals surface area (Å²) in [6, 6.07) is 5.01. The van der Waals surface area contributed by atoms with Gasteiger partial charge in [-0.1, -0.05) is 5.16 Å². The number of hydrogen-bond acceptors (Lipinski definition) is 7. The van der Waals surface area contributed by atoms with Crippen LogP contribution in [-0.4, -0.2) is 21.1 Å². The van der Waals surface area contributed by atoms with Crippen LogP contribution in [-0.2, 0) is 11.3 Å². The van der Waals surface area contributed by atoms with Crippen molar-refractivity contribution in [2.75, 3.05) is 0 Å². The average Bonchev–Trinajstić information content (AvgIpc) is 3.15. The number of carbonyl (C=O) groups is 1. The zero-order valence-electron chi connectivity index (χ0n) is 10.5. The molecule has 0 radical (unpaired) electrons. The van der Waals surface area contributed by atoms with Gasteiger partial charge >= 0.3 is 5.97 Å². The molecule has 0 atom stereocenters. The number of nitrogens with zero attached hydrogens (tertiary/aromatic N) is 3. The van der Waals surface area contributed by atoms with Crippen LogP contribution < -0.4 is 0 Å². The lowest BCUT2D eigenvalue weighted by Crippen LogP contribution is -2.06. The smallest absolute Gasteiger partial charge is 0.340 e. The van der Waals surface area contributed by atoms with E-state index < -0.39 is 5.97 Å². The fraction of sp³-hybridized carbons (Fsp3) is 0.0769. The number of pyridine rings is 1. The van der Waals surface area contributed by atoms with Crippen LogP contribution in [0.25, 0.3) is 11.7 Å². The van der Waals surface area contributed by atoms with Gasteiger partial charge in [-0.15, -0.1) is 0 Å². The van der Waals surface area contributed by atoms with Crippen molar-refractivity contribution in [3.63, 3.8) is 0 Å². The quantitative estimate of drug-likeness (QED) is 0.668. The molecule has 0 aliphatic rings. The van der Waals surface area contributed by atoms with Crippen LogP contribution in [0.4, 0.5) is 0 Å². The summed E-state index contributed by atoms with van der Waals surface area (Å²) in [5, 5.41) is 3.71. The van der Waals surface area contributed by atoms with Crippen LogP contribution in [0.15, 0.2) is 50.3 Å². The van der Waals surface area contributed by atoms with Crippen molar-refractivity contribution in [2.24, 2.45) is 0 Å². The summed E-state index contributed by atoms with van der Waals surface area (Å²) in [7, 11) is 0. The van der Waals surface area contributed by atoms with Crippen molar-refractivity contribution in [1.29, 1.82) is 0 Å². The number of furan rings is 1. The van der Waals surface area contributed by atoms with Gasteiger partial charge in [-0.05, 0) is 34.1 Å². The van der Waals surface area contributed by atoms with Gasteiger partial charge < -0.3 is 13.7 Å². The zero-order chi connectivity index (χ0) is 14.7. The van der Waals surface area contributed by atoms with Gasteiger partial charge in [0, 0.05) is 16.9 Å². The van der Waals surface area contributed by atoms with Crippen LogP contribution >= 0.6 is 15.9 Å². The lowest BCUT2D eigenvalue weighted by Gasteiger charge is -2.01. The van der Waals surface area contributed by atoms with Gasteiger partial charge in [-0.2, -0.15) is 4.98 Å². The van der Waals surface area contributed by atoms with Crippen LogP contribution in [0, 0.1) is 0 Å². The highest BCUT2D eigenvalue weighted by Gasteiger charge is 2.14. The molecule has 0 aliphatic heterocycles. The molecule has 3 aromatic heterocycles. The van der Waals surface area contributed by atoms with E-state index in [2.05, 4.69) is 31.1 Å². The molecule has 0 spiro atoms. The van der Waals surface area contributed by atoms with E-state index >= 15 is 0 Å². The minimum Gasteiger partial charge on any atom is -0.459 e. The second-order valence-electron chi connectivity index (χ2n) is 3.96. The molecular weight excluding hydrogens is 342 g/mol. The van der Waals surface area contributed by atoms with Crippen molar-refractivity contribution in [2.45, 2.75) is 6.61 Å². The summed E-state index contributed by atoms with van der Waals surface area (Å²) in [4.78, 5) is 19.8. The third-order valence-electron chi connectivity index (χ3n) is 2.47. The van der Waals surface area contributed by atoms with Crippen molar-refractivity contribution in [3.05, 3.63) is 52.7 Å². The largest absolute Gasteiger partial charge is 0.459 e. The van der Waals surface area contributed by atoms with Crippen molar-refractivity contribution in [3.8, 4) is 11.7 Å². The molecule has 3 heterocycles. The number of hydrogen-bond donors (Lipinski definition) is 0. The second kappa shape index (κ2) is 5.88. The highest BCUT2D eigenvalue weighted by atomic mass is 79.9. The standard InChI is InChI=1S/C13H8BrN3O4/c14-9-4-8(5-15-6-9)13(18)20-7-11-16-12(21-17-11)10-2-1-3-19-10/h1-6H,7H2. The predicted molar refractivity (Wildman–Crippen MR) is 73.1 cm³/mol. The first-order valence-electron chi connectivity index (χ1n) is 5.86. The SMILES string of the molecule is O=C(OCc1noc(-c2ccco2)n1)c1cncc(Br)c1. The highest BCUT2D eigenvalue weighted by molar-refractivity contribution is 9.10. The van der Waals surface area contributed by atoms with Gasteiger partial charge in [0.25, 0.3) is 5.89 Å². The fourth-order valence-electron chi connectivity index (χ4n) is 1.55. The van der Waals surface area contributed by atoms with E-state index in [1.165, 1.54) is 12.5 Å².